The Labute approximate surface area is 117 Å². The van der Waals surface area contributed by atoms with Gasteiger partial charge in [0.25, 0.3) is 0 Å². The Hall–Kier alpha value is -1.20. The van der Waals surface area contributed by atoms with Gasteiger partial charge in [-0.05, 0) is 41.1 Å². The molecule has 0 aliphatic carbocycles. The first-order chi connectivity index (χ1) is 8.52. The molecular formula is C12H9BrClFN2O. The number of ether oxygens (including phenoxy) is 1. The third kappa shape index (κ3) is 2.47. The highest BCUT2D eigenvalue weighted by molar-refractivity contribution is 9.10. The summed E-state index contributed by atoms with van der Waals surface area (Å²) in [4.78, 5) is 8.43. The molecule has 0 bridgehead atoms. The number of hydrogen-bond donors (Lipinski definition) is 0. The Morgan fingerprint density at radius 3 is 2.67 bits per heavy atom. The van der Waals surface area contributed by atoms with E-state index in [2.05, 4.69) is 25.9 Å². The summed E-state index contributed by atoms with van der Waals surface area (Å²) >= 11 is 9.25. The molecule has 0 aliphatic heterocycles. The van der Waals surface area contributed by atoms with Gasteiger partial charge in [0.15, 0.2) is 17.4 Å². The minimum absolute atomic E-state index is 0.146. The van der Waals surface area contributed by atoms with Crippen molar-refractivity contribution in [2.24, 2.45) is 0 Å². The summed E-state index contributed by atoms with van der Waals surface area (Å²) in [6, 6.07) is 4.42. The molecule has 0 spiro atoms. The van der Waals surface area contributed by atoms with Crippen LogP contribution in [0.25, 0.3) is 11.4 Å². The van der Waals surface area contributed by atoms with Crippen molar-refractivity contribution in [1.29, 1.82) is 0 Å². The quantitative estimate of drug-likeness (QED) is 0.780. The second kappa shape index (κ2) is 5.20. The van der Waals surface area contributed by atoms with Gasteiger partial charge in [-0.25, -0.2) is 14.4 Å². The Morgan fingerprint density at radius 1 is 1.33 bits per heavy atom. The van der Waals surface area contributed by atoms with Crippen molar-refractivity contribution >= 4 is 27.5 Å². The standard InChI is InChI=1S/C12H9BrClFN2O/c1-6-10(13)11(14)17-12(16-6)7-3-4-8(15)9(5-7)18-2/h3-5H,1-2H3. The first kappa shape index (κ1) is 13.2. The van der Waals surface area contributed by atoms with Crippen molar-refractivity contribution in [1.82, 2.24) is 9.97 Å². The molecule has 0 atom stereocenters. The van der Waals surface area contributed by atoms with Crippen molar-refractivity contribution < 1.29 is 9.13 Å². The van der Waals surface area contributed by atoms with Crippen molar-refractivity contribution in [2.75, 3.05) is 7.11 Å². The van der Waals surface area contributed by atoms with E-state index in [1.54, 1.807) is 6.07 Å². The summed E-state index contributed by atoms with van der Waals surface area (Å²) in [6.07, 6.45) is 0. The highest BCUT2D eigenvalue weighted by Gasteiger charge is 2.11. The van der Waals surface area contributed by atoms with E-state index in [0.717, 1.165) is 0 Å². The average Bonchev–Trinajstić information content (AvgIpc) is 2.36. The molecule has 2 aromatic rings. The highest BCUT2D eigenvalue weighted by Crippen LogP contribution is 2.28. The second-order valence-corrected chi connectivity index (χ2v) is 4.74. The molecule has 3 nitrogen and oxygen atoms in total. The van der Waals surface area contributed by atoms with Gasteiger partial charge in [0.2, 0.25) is 0 Å². The molecular weight excluding hydrogens is 323 g/mol. The third-order valence-corrected chi connectivity index (χ3v) is 3.84. The third-order valence-electron chi connectivity index (χ3n) is 2.39. The first-order valence-electron chi connectivity index (χ1n) is 5.06. The predicted octanol–water partition coefficient (Wildman–Crippen LogP) is 4.02. The summed E-state index contributed by atoms with van der Waals surface area (Å²) in [6.45, 7) is 1.81. The van der Waals surface area contributed by atoms with Gasteiger partial charge in [0, 0.05) is 5.56 Å². The molecule has 0 unspecified atom stereocenters. The Morgan fingerprint density at radius 2 is 2.06 bits per heavy atom. The van der Waals surface area contributed by atoms with Crippen LogP contribution in [-0.4, -0.2) is 17.1 Å². The summed E-state index contributed by atoms with van der Waals surface area (Å²) in [5.74, 6) is 0.146. The van der Waals surface area contributed by atoms with Gasteiger partial charge in [0.05, 0.1) is 17.3 Å². The lowest BCUT2D eigenvalue weighted by Gasteiger charge is -2.07. The minimum Gasteiger partial charge on any atom is -0.494 e. The van der Waals surface area contributed by atoms with Crippen LogP contribution < -0.4 is 4.74 Å². The Bertz CT molecular complexity index is 584. The number of methoxy groups -OCH3 is 1. The Kier molecular flexibility index (Phi) is 3.82. The van der Waals surface area contributed by atoms with Crippen LogP contribution in [0.3, 0.4) is 0 Å². The topological polar surface area (TPSA) is 35.0 Å². The fourth-order valence-electron chi connectivity index (χ4n) is 1.45. The van der Waals surface area contributed by atoms with E-state index in [1.165, 1.54) is 19.2 Å². The van der Waals surface area contributed by atoms with Gasteiger partial charge in [-0.1, -0.05) is 11.6 Å². The molecule has 2 rings (SSSR count). The molecule has 0 radical (unpaired) electrons. The van der Waals surface area contributed by atoms with Gasteiger partial charge in [-0.15, -0.1) is 0 Å². The molecule has 1 aromatic carbocycles. The maximum Gasteiger partial charge on any atom is 0.165 e. The zero-order valence-corrected chi connectivity index (χ0v) is 12.0. The van der Waals surface area contributed by atoms with Crippen LogP contribution in [0, 0.1) is 12.7 Å². The lowest BCUT2D eigenvalue weighted by molar-refractivity contribution is 0.387. The van der Waals surface area contributed by atoms with Crippen molar-refractivity contribution in [3.8, 4) is 17.1 Å². The van der Waals surface area contributed by atoms with Gasteiger partial charge in [-0.2, -0.15) is 0 Å². The maximum absolute atomic E-state index is 13.3. The van der Waals surface area contributed by atoms with E-state index in [0.29, 0.717) is 26.7 Å². The first-order valence-corrected chi connectivity index (χ1v) is 6.23. The summed E-state index contributed by atoms with van der Waals surface area (Å²) in [5.41, 5.74) is 1.36. The number of halogens is 3. The molecule has 0 fully saturated rings. The van der Waals surface area contributed by atoms with Crippen molar-refractivity contribution in [2.45, 2.75) is 6.92 Å². The second-order valence-electron chi connectivity index (χ2n) is 3.59. The van der Waals surface area contributed by atoms with E-state index in [-0.39, 0.29) is 5.75 Å². The zero-order chi connectivity index (χ0) is 13.3. The smallest absolute Gasteiger partial charge is 0.165 e. The number of hydrogen-bond acceptors (Lipinski definition) is 3. The van der Waals surface area contributed by atoms with Crippen LogP contribution in [0.2, 0.25) is 5.15 Å². The molecule has 18 heavy (non-hydrogen) atoms. The molecule has 0 saturated carbocycles. The summed E-state index contributed by atoms with van der Waals surface area (Å²) in [5, 5.41) is 0.320. The molecule has 0 amide bonds. The molecule has 1 aromatic heterocycles. The van der Waals surface area contributed by atoms with Crippen LogP contribution in [0.1, 0.15) is 5.69 Å². The molecule has 6 heteroatoms. The summed E-state index contributed by atoms with van der Waals surface area (Å²) < 4.78 is 18.9. The fraction of sp³-hybridized carbons (Fsp3) is 0.167. The van der Waals surface area contributed by atoms with E-state index in [4.69, 9.17) is 16.3 Å². The SMILES string of the molecule is COc1cc(-c2nc(C)c(Br)c(Cl)n2)ccc1F. The van der Waals surface area contributed by atoms with Gasteiger partial charge < -0.3 is 4.74 Å². The van der Waals surface area contributed by atoms with Crippen LogP contribution in [0.15, 0.2) is 22.7 Å². The zero-order valence-electron chi connectivity index (χ0n) is 9.67. The largest absolute Gasteiger partial charge is 0.494 e. The molecule has 0 aliphatic rings. The van der Waals surface area contributed by atoms with Crippen LogP contribution in [0.4, 0.5) is 4.39 Å². The van der Waals surface area contributed by atoms with Gasteiger partial charge in [0.1, 0.15) is 5.15 Å². The maximum atomic E-state index is 13.3. The number of nitrogens with zero attached hydrogens (tertiary/aromatic N) is 2. The van der Waals surface area contributed by atoms with E-state index in [1.807, 2.05) is 6.92 Å². The van der Waals surface area contributed by atoms with E-state index in [9.17, 15) is 4.39 Å². The number of aromatic nitrogens is 2. The monoisotopic (exact) mass is 330 g/mol. The van der Waals surface area contributed by atoms with Crippen molar-refractivity contribution in [3.05, 3.63) is 39.3 Å². The van der Waals surface area contributed by atoms with Gasteiger partial charge in [-0.3, -0.25) is 0 Å². The number of aryl methyl sites for hydroxylation is 1. The highest BCUT2D eigenvalue weighted by atomic mass is 79.9. The molecule has 1 heterocycles. The van der Waals surface area contributed by atoms with E-state index >= 15 is 0 Å². The minimum atomic E-state index is -0.429. The summed E-state index contributed by atoms with van der Waals surface area (Å²) in [7, 11) is 1.41. The lowest BCUT2D eigenvalue weighted by atomic mass is 10.2. The van der Waals surface area contributed by atoms with Crippen LogP contribution in [0.5, 0.6) is 5.75 Å². The fourth-order valence-corrected chi connectivity index (χ4v) is 1.85. The van der Waals surface area contributed by atoms with E-state index < -0.39 is 5.82 Å². The lowest BCUT2D eigenvalue weighted by Crippen LogP contribution is -1.96. The van der Waals surface area contributed by atoms with Crippen molar-refractivity contribution in [3.63, 3.8) is 0 Å². The van der Waals surface area contributed by atoms with Gasteiger partial charge >= 0.3 is 0 Å². The van der Waals surface area contributed by atoms with Crippen LogP contribution >= 0.6 is 27.5 Å². The number of rotatable bonds is 2. The van der Waals surface area contributed by atoms with Crippen LogP contribution in [-0.2, 0) is 0 Å². The molecule has 0 saturated heterocycles. The predicted molar refractivity (Wildman–Crippen MR) is 71.4 cm³/mol. The normalized spacial score (nSPS) is 10.5. The molecule has 94 valence electrons. The average molecular weight is 332 g/mol. The Balaban J connectivity index is 2.55. The molecule has 0 N–H and O–H groups in total. The number of benzene rings is 1.